The number of hydrogen-bond donors (Lipinski definition) is 3. The maximum atomic E-state index is 12.3. The first kappa shape index (κ1) is 18.0. The number of carboxylic acid groups (broad SMARTS) is 1. The Morgan fingerprint density at radius 3 is 2.29 bits per heavy atom. The number of anilines is 1. The summed E-state index contributed by atoms with van der Waals surface area (Å²) < 4.78 is 0. The number of aliphatic carboxylic acids is 1. The van der Waals surface area contributed by atoms with E-state index in [1.165, 1.54) is 0 Å². The molecule has 0 spiro atoms. The molecule has 6 nitrogen and oxygen atoms in total. The number of carbonyl (C=O) groups is 3. The van der Waals surface area contributed by atoms with Crippen molar-refractivity contribution in [1.82, 2.24) is 5.32 Å². The molecule has 0 aromatic heterocycles. The standard InChI is InChI=1S/C18H24N2O4/c1-11(2)19-16(21)12-6-8-15(9-7-12)20-17(22)13-4-3-5-14(10-13)18(23)24/h6-9,11,13-14H,3-5,10H2,1-2H3,(H,19,21)(H,20,22)(H,23,24). The Morgan fingerprint density at radius 1 is 1.08 bits per heavy atom. The molecule has 2 unspecified atom stereocenters. The zero-order chi connectivity index (χ0) is 17.7. The lowest BCUT2D eigenvalue weighted by molar-refractivity contribution is -0.143. The van der Waals surface area contributed by atoms with E-state index in [1.54, 1.807) is 24.3 Å². The first-order chi connectivity index (χ1) is 11.4. The highest BCUT2D eigenvalue weighted by Crippen LogP contribution is 2.30. The molecule has 1 saturated carbocycles. The number of nitrogens with one attached hydrogen (secondary N) is 2. The molecule has 3 N–H and O–H groups in total. The van der Waals surface area contributed by atoms with E-state index < -0.39 is 11.9 Å². The minimum absolute atomic E-state index is 0.0605. The van der Waals surface area contributed by atoms with Gasteiger partial charge in [-0.3, -0.25) is 14.4 Å². The molecule has 6 heteroatoms. The van der Waals surface area contributed by atoms with Gasteiger partial charge in [-0.2, -0.15) is 0 Å². The molecule has 2 amide bonds. The lowest BCUT2D eigenvalue weighted by Gasteiger charge is -2.25. The highest BCUT2D eigenvalue weighted by Gasteiger charge is 2.31. The summed E-state index contributed by atoms with van der Waals surface area (Å²) in [6.45, 7) is 3.78. The van der Waals surface area contributed by atoms with Crippen LogP contribution in [-0.2, 0) is 9.59 Å². The van der Waals surface area contributed by atoms with Crippen LogP contribution in [0.5, 0.6) is 0 Å². The molecule has 1 aliphatic rings. The number of carbonyl (C=O) groups excluding carboxylic acids is 2. The molecule has 2 rings (SSSR count). The van der Waals surface area contributed by atoms with Crippen LogP contribution in [0, 0.1) is 11.8 Å². The Kier molecular flexibility index (Phi) is 5.95. The van der Waals surface area contributed by atoms with E-state index in [0.29, 0.717) is 30.5 Å². The van der Waals surface area contributed by atoms with E-state index in [9.17, 15) is 14.4 Å². The Labute approximate surface area is 141 Å². The molecular formula is C18H24N2O4. The fourth-order valence-electron chi connectivity index (χ4n) is 2.95. The van der Waals surface area contributed by atoms with Gasteiger partial charge in [0.1, 0.15) is 0 Å². The van der Waals surface area contributed by atoms with Gasteiger partial charge in [-0.25, -0.2) is 0 Å². The summed E-state index contributed by atoms with van der Waals surface area (Å²) in [4.78, 5) is 35.3. The molecule has 1 fully saturated rings. The Balaban J connectivity index is 1.94. The maximum Gasteiger partial charge on any atom is 0.306 e. The molecule has 0 saturated heterocycles. The van der Waals surface area contributed by atoms with Gasteiger partial charge >= 0.3 is 5.97 Å². The SMILES string of the molecule is CC(C)NC(=O)c1ccc(NC(=O)C2CCCC(C(=O)O)C2)cc1. The minimum atomic E-state index is -0.826. The lowest BCUT2D eigenvalue weighted by Crippen LogP contribution is -2.31. The fourth-order valence-corrected chi connectivity index (χ4v) is 2.95. The summed E-state index contributed by atoms with van der Waals surface area (Å²) in [6, 6.07) is 6.75. The van der Waals surface area contributed by atoms with Crippen molar-refractivity contribution in [3.63, 3.8) is 0 Å². The maximum absolute atomic E-state index is 12.3. The van der Waals surface area contributed by atoms with E-state index in [0.717, 1.165) is 6.42 Å². The van der Waals surface area contributed by atoms with Crippen molar-refractivity contribution in [3.8, 4) is 0 Å². The van der Waals surface area contributed by atoms with Gasteiger partial charge in [0.05, 0.1) is 5.92 Å². The second-order valence-corrected chi connectivity index (χ2v) is 6.59. The Hall–Kier alpha value is -2.37. The summed E-state index contributed by atoms with van der Waals surface area (Å²) in [5.41, 5.74) is 1.14. The third kappa shape index (κ3) is 4.81. The van der Waals surface area contributed by atoms with Crippen molar-refractivity contribution in [2.24, 2.45) is 11.8 Å². The first-order valence-corrected chi connectivity index (χ1v) is 8.31. The third-order valence-corrected chi connectivity index (χ3v) is 4.23. The van der Waals surface area contributed by atoms with E-state index in [1.807, 2.05) is 13.8 Å². The van der Waals surface area contributed by atoms with Gasteiger partial charge in [0, 0.05) is 23.2 Å². The molecule has 130 valence electrons. The van der Waals surface area contributed by atoms with Gasteiger partial charge in [-0.05, 0) is 57.4 Å². The first-order valence-electron chi connectivity index (χ1n) is 8.31. The van der Waals surface area contributed by atoms with Gasteiger partial charge < -0.3 is 15.7 Å². The number of rotatable bonds is 5. The van der Waals surface area contributed by atoms with Crippen LogP contribution >= 0.6 is 0 Å². The highest BCUT2D eigenvalue weighted by molar-refractivity contribution is 5.96. The summed E-state index contributed by atoms with van der Waals surface area (Å²) in [5, 5.41) is 14.7. The topological polar surface area (TPSA) is 95.5 Å². The normalized spacial score (nSPS) is 20.5. The second kappa shape index (κ2) is 7.95. The van der Waals surface area contributed by atoms with Crippen molar-refractivity contribution in [2.45, 2.75) is 45.6 Å². The van der Waals surface area contributed by atoms with Crippen molar-refractivity contribution < 1.29 is 19.5 Å². The minimum Gasteiger partial charge on any atom is -0.481 e. The zero-order valence-electron chi connectivity index (χ0n) is 14.0. The van der Waals surface area contributed by atoms with Gasteiger partial charge in [0.25, 0.3) is 5.91 Å². The smallest absolute Gasteiger partial charge is 0.306 e. The van der Waals surface area contributed by atoms with E-state index >= 15 is 0 Å². The summed E-state index contributed by atoms with van der Waals surface area (Å²) in [5.74, 6) is -1.84. The van der Waals surface area contributed by atoms with Crippen LogP contribution in [-0.4, -0.2) is 28.9 Å². The van der Waals surface area contributed by atoms with Crippen LogP contribution in [0.15, 0.2) is 24.3 Å². The number of amides is 2. The quantitative estimate of drug-likeness (QED) is 0.772. The lowest BCUT2D eigenvalue weighted by atomic mass is 9.81. The summed E-state index contributed by atoms with van der Waals surface area (Å²) >= 11 is 0. The van der Waals surface area contributed by atoms with Crippen LogP contribution in [0.4, 0.5) is 5.69 Å². The molecule has 24 heavy (non-hydrogen) atoms. The highest BCUT2D eigenvalue weighted by atomic mass is 16.4. The van der Waals surface area contributed by atoms with Crippen molar-refractivity contribution in [2.75, 3.05) is 5.32 Å². The van der Waals surface area contributed by atoms with Gasteiger partial charge in [-0.15, -0.1) is 0 Å². The predicted octanol–water partition coefficient (Wildman–Crippen LogP) is 2.65. The number of carboxylic acids is 1. The Bertz CT molecular complexity index is 610. The molecule has 0 bridgehead atoms. The monoisotopic (exact) mass is 332 g/mol. The molecule has 2 atom stereocenters. The van der Waals surface area contributed by atoms with Crippen molar-refractivity contribution in [1.29, 1.82) is 0 Å². The predicted molar refractivity (Wildman–Crippen MR) is 90.8 cm³/mol. The van der Waals surface area contributed by atoms with Crippen LogP contribution in [0.1, 0.15) is 49.9 Å². The van der Waals surface area contributed by atoms with Gasteiger partial charge in [0.15, 0.2) is 0 Å². The van der Waals surface area contributed by atoms with Crippen molar-refractivity contribution in [3.05, 3.63) is 29.8 Å². The average molecular weight is 332 g/mol. The van der Waals surface area contributed by atoms with Crippen LogP contribution in [0.3, 0.4) is 0 Å². The molecule has 1 aromatic carbocycles. The summed E-state index contributed by atoms with van der Waals surface area (Å²) in [6.07, 6.45) is 2.49. The zero-order valence-corrected chi connectivity index (χ0v) is 14.0. The van der Waals surface area contributed by atoms with E-state index in [2.05, 4.69) is 10.6 Å². The third-order valence-electron chi connectivity index (χ3n) is 4.23. The number of benzene rings is 1. The molecule has 1 aromatic rings. The molecule has 0 aliphatic heterocycles. The van der Waals surface area contributed by atoms with Gasteiger partial charge in [0.2, 0.25) is 5.91 Å². The summed E-state index contributed by atoms with van der Waals surface area (Å²) in [7, 11) is 0. The molecule has 0 heterocycles. The largest absolute Gasteiger partial charge is 0.481 e. The van der Waals surface area contributed by atoms with Crippen molar-refractivity contribution >= 4 is 23.5 Å². The second-order valence-electron chi connectivity index (χ2n) is 6.59. The number of hydrogen-bond acceptors (Lipinski definition) is 3. The van der Waals surface area contributed by atoms with E-state index in [4.69, 9.17) is 5.11 Å². The van der Waals surface area contributed by atoms with E-state index in [-0.39, 0.29) is 23.8 Å². The Morgan fingerprint density at radius 2 is 1.71 bits per heavy atom. The molecule has 1 aliphatic carbocycles. The molecule has 0 radical (unpaired) electrons. The van der Waals surface area contributed by atoms with Gasteiger partial charge in [-0.1, -0.05) is 6.42 Å². The van der Waals surface area contributed by atoms with Crippen LogP contribution in [0.25, 0.3) is 0 Å². The molecular weight excluding hydrogens is 308 g/mol. The van der Waals surface area contributed by atoms with Crippen LogP contribution in [0.2, 0.25) is 0 Å². The fraction of sp³-hybridized carbons (Fsp3) is 0.500. The average Bonchev–Trinajstić information content (AvgIpc) is 2.55. The van der Waals surface area contributed by atoms with Crippen LogP contribution < -0.4 is 10.6 Å².